The molecule has 5 nitrogen and oxygen atoms in total. The summed E-state index contributed by atoms with van der Waals surface area (Å²) in [6.07, 6.45) is 4.04. The number of aromatic nitrogens is 2. The summed E-state index contributed by atoms with van der Waals surface area (Å²) < 4.78 is 5.71. The number of amides is 1. The summed E-state index contributed by atoms with van der Waals surface area (Å²) in [7, 11) is 0. The highest BCUT2D eigenvalue weighted by Crippen LogP contribution is 2.28. The molecule has 1 aromatic carbocycles. The van der Waals surface area contributed by atoms with Crippen molar-refractivity contribution in [1.29, 1.82) is 0 Å². The molecule has 122 valence electrons. The van der Waals surface area contributed by atoms with E-state index >= 15 is 0 Å². The summed E-state index contributed by atoms with van der Waals surface area (Å²) in [4.78, 5) is 14.4. The number of aromatic amines is 1. The number of benzene rings is 1. The Hall–Kier alpha value is -1.95. The first-order valence-corrected chi connectivity index (χ1v) is 8.88. The molecule has 23 heavy (non-hydrogen) atoms. The van der Waals surface area contributed by atoms with Crippen molar-refractivity contribution < 1.29 is 9.53 Å². The summed E-state index contributed by atoms with van der Waals surface area (Å²) >= 11 is 1.93. The van der Waals surface area contributed by atoms with Crippen molar-refractivity contribution in [2.45, 2.75) is 25.0 Å². The summed E-state index contributed by atoms with van der Waals surface area (Å²) in [5, 5.41) is 7.34. The number of hydrogen-bond donors (Lipinski definition) is 1. The van der Waals surface area contributed by atoms with Crippen LogP contribution in [-0.4, -0.2) is 40.3 Å². The zero-order valence-corrected chi connectivity index (χ0v) is 14.0. The Bertz CT molecular complexity index is 639. The highest BCUT2D eigenvalue weighted by Gasteiger charge is 2.24. The van der Waals surface area contributed by atoms with Gasteiger partial charge in [-0.3, -0.25) is 14.8 Å². The van der Waals surface area contributed by atoms with Crippen molar-refractivity contribution in [2.24, 2.45) is 0 Å². The van der Waals surface area contributed by atoms with Gasteiger partial charge in [0.05, 0.1) is 6.20 Å². The standard InChI is InChI=1S/C17H21N3O2S/c1-13-5-2-3-7-15(13)22-12-17(21)20(16-8-9-18-19-16)11-14-6-4-10-23-14/h2-3,5,7-9,14H,4,6,10-12H2,1H3,(H,18,19). The van der Waals surface area contributed by atoms with Gasteiger partial charge in [0.15, 0.2) is 6.61 Å². The lowest BCUT2D eigenvalue weighted by Gasteiger charge is -2.24. The third-order valence-corrected chi connectivity index (χ3v) is 5.31. The van der Waals surface area contributed by atoms with Crippen LogP contribution in [-0.2, 0) is 4.79 Å². The summed E-state index contributed by atoms with van der Waals surface area (Å²) in [6.45, 7) is 2.70. The van der Waals surface area contributed by atoms with Crippen molar-refractivity contribution in [3.8, 4) is 5.75 Å². The summed E-state index contributed by atoms with van der Waals surface area (Å²) in [5.74, 6) is 2.61. The fourth-order valence-electron chi connectivity index (χ4n) is 2.66. The van der Waals surface area contributed by atoms with E-state index in [9.17, 15) is 4.79 Å². The van der Waals surface area contributed by atoms with Crippen molar-refractivity contribution in [3.63, 3.8) is 0 Å². The van der Waals surface area contributed by atoms with Crippen LogP contribution in [0.1, 0.15) is 18.4 Å². The predicted octanol–water partition coefficient (Wildman–Crippen LogP) is 3.03. The first-order chi connectivity index (χ1) is 11.2. The van der Waals surface area contributed by atoms with Gasteiger partial charge in [-0.1, -0.05) is 18.2 Å². The molecule has 1 aliphatic heterocycles. The van der Waals surface area contributed by atoms with Gasteiger partial charge in [0, 0.05) is 17.9 Å². The maximum absolute atomic E-state index is 12.7. The molecule has 0 saturated carbocycles. The Labute approximate surface area is 140 Å². The number of para-hydroxylation sites is 1. The monoisotopic (exact) mass is 331 g/mol. The van der Waals surface area contributed by atoms with E-state index in [-0.39, 0.29) is 12.5 Å². The predicted molar refractivity (Wildman–Crippen MR) is 93.1 cm³/mol. The van der Waals surface area contributed by atoms with E-state index in [4.69, 9.17) is 4.74 Å². The van der Waals surface area contributed by atoms with Crippen LogP contribution in [0.3, 0.4) is 0 Å². The molecule has 1 saturated heterocycles. The highest BCUT2D eigenvalue weighted by molar-refractivity contribution is 8.00. The topological polar surface area (TPSA) is 58.2 Å². The van der Waals surface area contributed by atoms with Crippen molar-refractivity contribution in [3.05, 3.63) is 42.1 Å². The first kappa shape index (κ1) is 15.9. The number of anilines is 1. The normalized spacial score (nSPS) is 17.2. The van der Waals surface area contributed by atoms with E-state index in [2.05, 4.69) is 10.2 Å². The molecule has 0 radical (unpaired) electrons. The number of carbonyl (C=O) groups excluding carboxylic acids is 1. The maximum Gasteiger partial charge on any atom is 0.266 e. The van der Waals surface area contributed by atoms with Crippen molar-refractivity contribution in [1.82, 2.24) is 10.2 Å². The molecule has 1 aliphatic rings. The maximum atomic E-state index is 12.7. The number of H-pyrrole nitrogens is 1. The molecular formula is C17H21N3O2S. The average molecular weight is 331 g/mol. The lowest BCUT2D eigenvalue weighted by Crippen LogP contribution is -2.39. The second-order valence-corrected chi connectivity index (χ2v) is 7.04. The van der Waals surface area contributed by atoms with Gasteiger partial charge in [0.2, 0.25) is 0 Å². The molecule has 1 aromatic heterocycles. The quantitative estimate of drug-likeness (QED) is 0.884. The van der Waals surface area contributed by atoms with Gasteiger partial charge in [-0.15, -0.1) is 0 Å². The molecule has 2 heterocycles. The summed E-state index contributed by atoms with van der Waals surface area (Å²) in [5.41, 5.74) is 1.03. The fourth-order valence-corrected chi connectivity index (χ4v) is 3.92. The molecule has 6 heteroatoms. The van der Waals surface area contributed by atoms with Crippen LogP contribution in [0.4, 0.5) is 5.82 Å². The second-order valence-electron chi connectivity index (χ2n) is 5.64. The minimum Gasteiger partial charge on any atom is -0.483 e. The van der Waals surface area contributed by atoms with Gasteiger partial charge in [-0.25, -0.2) is 0 Å². The van der Waals surface area contributed by atoms with E-state index in [0.717, 1.165) is 23.6 Å². The molecule has 2 aromatic rings. The van der Waals surface area contributed by atoms with E-state index in [0.29, 0.717) is 11.8 Å². The number of ether oxygens (including phenoxy) is 1. The second kappa shape index (κ2) is 7.55. The van der Waals surface area contributed by atoms with Crippen molar-refractivity contribution in [2.75, 3.05) is 23.8 Å². The number of nitrogens with zero attached hydrogens (tertiary/aromatic N) is 2. The fraction of sp³-hybridized carbons (Fsp3) is 0.412. The van der Waals surface area contributed by atoms with E-state index in [1.54, 1.807) is 11.1 Å². The van der Waals surface area contributed by atoms with Crippen molar-refractivity contribution >= 4 is 23.5 Å². The Morgan fingerprint density at radius 1 is 1.43 bits per heavy atom. The van der Waals surface area contributed by atoms with Crippen LogP contribution in [0, 0.1) is 6.92 Å². The number of thioether (sulfide) groups is 1. The van der Waals surface area contributed by atoms with E-state index in [1.165, 1.54) is 12.2 Å². The first-order valence-electron chi connectivity index (χ1n) is 7.84. The van der Waals surface area contributed by atoms with Gasteiger partial charge in [-0.2, -0.15) is 16.9 Å². The molecule has 1 fully saturated rings. The molecule has 1 N–H and O–H groups in total. The smallest absolute Gasteiger partial charge is 0.266 e. The van der Waals surface area contributed by atoms with Crippen LogP contribution in [0.15, 0.2) is 36.5 Å². The molecule has 1 unspecified atom stereocenters. The molecule has 3 rings (SSSR count). The van der Waals surface area contributed by atoms with Gasteiger partial charge in [0.1, 0.15) is 11.6 Å². The number of rotatable bonds is 6. The number of nitrogens with one attached hydrogen (secondary N) is 1. The lowest BCUT2D eigenvalue weighted by molar-refractivity contribution is -0.120. The van der Waals surface area contributed by atoms with E-state index in [1.807, 2.05) is 49.0 Å². The third kappa shape index (κ3) is 4.07. The third-order valence-electron chi connectivity index (χ3n) is 3.93. The largest absolute Gasteiger partial charge is 0.483 e. The van der Waals surface area contributed by atoms with Gasteiger partial charge in [-0.05, 0) is 37.1 Å². The molecule has 0 bridgehead atoms. The number of carbonyl (C=O) groups is 1. The van der Waals surface area contributed by atoms with E-state index < -0.39 is 0 Å². The van der Waals surface area contributed by atoms with Crippen LogP contribution >= 0.6 is 11.8 Å². The van der Waals surface area contributed by atoms with Crippen LogP contribution < -0.4 is 9.64 Å². The lowest BCUT2D eigenvalue weighted by atomic mass is 10.2. The van der Waals surface area contributed by atoms with Gasteiger partial charge in [0.25, 0.3) is 5.91 Å². The Balaban J connectivity index is 1.66. The van der Waals surface area contributed by atoms with Crippen LogP contribution in [0.25, 0.3) is 0 Å². The minimum atomic E-state index is -0.0509. The number of hydrogen-bond acceptors (Lipinski definition) is 4. The molecule has 0 aliphatic carbocycles. The van der Waals surface area contributed by atoms with Gasteiger partial charge >= 0.3 is 0 Å². The Morgan fingerprint density at radius 2 is 2.30 bits per heavy atom. The van der Waals surface area contributed by atoms with Crippen LogP contribution in [0.2, 0.25) is 0 Å². The SMILES string of the molecule is Cc1ccccc1OCC(=O)N(CC1CCCS1)c1ccn[nH]1. The number of aryl methyl sites for hydroxylation is 1. The molecule has 1 atom stereocenters. The molecule has 0 spiro atoms. The zero-order chi connectivity index (χ0) is 16.1. The average Bonchev–Trinajstić information content (AvgIpc) is 3.25. The Morgan fingerprint density at radius 3 is 3.00 bits per heavy atom. The molecule has 1 amide bonds. The van der Waals surface area contributed by atoms with Crippen LogP contribution in [0.5, 0.6) is 5.75 Å². The molecular weight excluding hydrogens is 310 g/mol. The summed E-state index contributed by atoms with van der Waals surface area (Å²) in [6, 6.07) is 9.55. The zero-order valence-electron chi connectivity index (χ0n) is 13.2. The minimum absolute atomic E-state index is 0.0290. The Kier molecular flexibility index (Phi) is 5.23. The van der Waals surface area contributed by atoms with Gasteiger partial charge < -0.3 is 4.74 Å². The highest BCUT2D eigenvalue weighted by atomic mass is 32.2.